The van der Waals surface area contributed by atoms with Crippen molar-refractivity contribution >= 4 is 17.7 Å². The van der Waals surface area contributed by atoms with E-state index in [-0.39, 0.29) is 12.1 Å². The van der Waals surface area contributed by atoms with E-state index in [9.17, 15) is 4.79 Å². The van der Waals surface area contributed by atoms with Gasteiger partial charge in [-0.25, -0.2) is 14.8 Å². The van der Waals surface area contributed by atoms with Crippen LogP contribution in [0.25, 0.3) is 0 Å². The Morgan fingerprint density at radius 1 is 1.44 bits per heavy atom. The highest BCUT2D eigenvalue weighted by atomic mass is 16.5. The molecular weight excluding hydrogens is 322 g/mol. The van der Waals surface area contributed by atoms with Crippen molar-refractivity contribution in [3.63, 3.8) is 0 Å². The molecule has 0 aromatic carbocycles. The standard InChI is InChI=1S/C16H23N7O2/c1-11(10-25-2)23-9-6-14(22-23)21-16(24)20-13-5-8-18-15(19-13)12-4-3-7-17-12/h5-6,8-9,11-12,17H,3-4,7,10H2,1-2H3,(H2,18,19,20,21,22,24). The average molecular weight is 345 g/mol. The second kappa shape index (κ2) is 8.04. The summed E-state index contributed by atoms with van der Waals surface area (Å²) < 4.78 is 6.84. The predicted molar refractivity (Wildman–Crippen MR) is 93.5 cm³/mol. The third kappa shape index (κ3) is 4.52. The van der Waals surface area contributed by atoms with Gasteiger partial charge in [-0.3, -0.25) is 15.3 Å². The molecule has 9 nitrogen and oxygen atoms in total. The molecule has 2 aromatic heterocycles. The number of ether oxygens (including phenoxy) is 1. The average Bonchev–Trinajstić information content (AvgIpc) is 3.27. The zero-order valence-corrected chi connectivity index (χ0v) is 14.4. The maximum Gasteiger partial charge on any atom is 0.326 e. The molecule has 0 bridgehead atoms. The first-order valence-electron chi connectivity index (χ1n) is 8.34. The van der Waals surface area contributed by atoms with Crippen molar-refractivity contribution in [2.75, 3.05) is 30.9 Å². The topological polar surface area (TPSA) is 106 Å². The second-order valence-corrected chi connectivity index (χ2v) is 6.01. The van der Waals surface area contributed by atoms with Crippen LogP contribution in [0.2, 0.25) is 0 Å². The maximum absolute atomic E-state index is 12.1. The predicted octanol–water partition coefficient (Wildman–Crippen LogP) is 1.95. The summed E-state index contributed by atoms with van der Waals surface area (Å²) in [6, 6.07) is 3.25. The van der Waals surface area contributed by atoms with E-state index < -0.39 is 6.03 Å². The monoisotopic (exact) mass is 345 g/mol. The molecule has 3 rings (SSSR count). The molecule has 3 N–H and O–H groups in total. The molecule has 1 saturated heterocycles. The Balaban J connectivity index is 1.58. The first kappa shape index (κ1) is 17.3. The van der Waals surface area contributed by atoms with Gasteiger partial charge in [0.25, 0.3) is 0 Å². The number of hydrogen-bond donors (Lipinski definition) is 3. The number of hydrogen-bond acceptors (Lipinski definition) is 6. The van der Waals surface area contributed by atoms with Crippen LogP contribution in [0.5, 0.6) is 0 Å². The van der Waals surface area contributed by atoms with Crippen molar-refractivity contribution < 1.29 is 9.53 Å². The number of methoxy groups -OCH3 is 1. The highest BCUT2D eigenvalue weighted by Crippen LogP contribution is 2.20. The van der Waals surface area contributed by atoms with Gasteiger partial charge < -0.3 is 10.1 Å². The molecule has 0 saturated carbocycles. The summed E-state index contributed by atoms with van der Waals surface area (Å²) in [7, 11) is 1.64. The number of carbonyl (C=O) groups excluding carboxylic acids is 1. The zero-order chi connectivity index (χ0) is 17.6. The Kier molecular flexibility index (Phi) is 5.56. The minimum absolute atomic E-state index is 0.0898. The van der Waals surface area contributed by atoms with Gasteiger partial charge in [-0.2, -0.15) is 5.10 Å². The summed E-state index contributed by atoms with van der Waals surface area (Å²) in [4.78, 5) is 20.8. The van der Waals surface area contributed by atoms with E-state index in [1.165, 1.54) is 0 Å². The zero-order valence-electron chi connectivity index (χ0n) is 14.4. The highest BCUT2D eigenvalue weighted by Gasteiger charge is 2.19. The van der Waals surface area contributed by atoms with Crippen LogP contribution in [0.15, 0.2) is 24.5 Å². The van der Waals surface area contributed by atoms with Gasteiger partial charge in [0.1, 0.15) is 11.6 Å². The van der Waals surface area contributed by atoms with Crippen molar-refractivity contribution in [2.24, 2.45) is 0 Å². The molecule has 0 spiro atoms. The van der Waals surface area contributed by atoms with Crippen LogP contribution in [0, 0.1) is 0 Å². The van der Waals surface area contributed by atoms with Gasteiger partial charge in [0, 0.05) is 25.6 Å². The van der Waals surface area contributed by atoms with E-state index in [1.807, 2.05) is 6.92 Å². The summed E-state index contributed by atoms with van der Waals surface area (Å²) in [5.74, 6) is 1.63. The van der Waals surface area contributed by atoms with Crippen molar-refractivity contribution in [1.82, 2.24) is 25.1 Å². The summed E-state index contributed by atoms with van der Waals surface area (Å²) in [6.07, 6.45) is 5.57. The van der Waals surface area contributed by atoms with Crippen LogP contribution in [0.1, 0.15) is 37.7 Å². The highest BCUT2D eigenvalue weighted by molar-refractivity contribution is 5.98. The van der Waals surface area contributed by atoms with E-state index in [1.54, 1.807) is 36.3 Å². The van der Waals surface area contributed by atoms with E-state index in [0.717, 1.165) is 19.4 Å². The quantitative estimate of drug-likeness (QED) is 0.739. The molecule has 2 aromatic rings. The van der Waals surface area contributed by atoms with Crippen LogP contribution < -0.4 is 16.0 Å². The summed E-state index contributed by atoms with van der Waals surface area (Å²) in [5, 5.41) is 13.1. The fourth-order valence-electron chi connectivity index (χ4n) is 2.75. The Morgan fingerprint density at radius 3 is 3.04 bits per heavy atom. The van der Waals surface area contributed by atoms with Gasteiger partial charge in [-0.1, -0.05) is 0 Å². The molecule has 2 atom stereocenters. The van der Waals surface area contributed by atoms with Crippen molar-refractivity contribution in [1.29, 1.82) is 0 Å². The number of aromatic nitrogens is 4. The molecule has 134 valence electrons. The third-order valence-corrected chi connectivity index (χ3v) is 4.00. The molecular formula is C16H23N7O2. The smallest absolute Gasteiger partial charge is 0.326 e. The van der Waals surface area contributed by atoms with Crippen LogP contribution in [-0.2, 0) is 4.74 Å². The summed E-state index contributed by atoms with van der Waals surface area (Å²) in [6.45, 7) is 3.50. The lowest BCUT2D eigenvalue weighted by atomic mass is 10.2. The lowest BCUT2D eigenvalue weighted by Crippen LogP contribution is -2.22. The molecule has 0 aliphatic carbocycles. The van der Waals surface area contributed by atoms with E-state index in [4.69, 9.17) is 4.74 Å². The SMILES string of the molecule is COCC(C)n1ccc(NC(=O)Nc2ccnc(C3CCCN3)n2)n1. The maximum atomic E-state index is 12.1. The normalized spacial score (nSPS) is 18.1. The molecule has 1 fully saturated rings. The van der Waals surface area contributed by atoms with Crippen LogP contribution >= 0.6 is 0 Å². The number of amides is 2. The van der Waals surface area contributed by atoms with Gasteiger partial charge in [-0.15, -0.1) is 0 Å². The molecule has 1 aliphatic rings. The lowest BCUT2D eigenvalue weighted by molar-refractivity contribution is 0.157. The molecule has 3 heterocycles. The van der Waals surface area contributed by atoms with Gasteiger partial charge in [0.15, 0.2) is 5.82 Å². The fraction of sp³-hybridized carbons (Fsp3) is 0.500. The van der Waals surface area contributed by atoms with Crippen molar-refractivity contribution in [3.8, 4) is 0 Å². The Labute approximate surface area is 146 Å². The van der Waals surface area contributed by atoms with Gasteiger partial charge >= 0.3 is 6.03 Å². The number of rotatable bonds is 6. The summed E-state index contributed by atoms with van der Waals surface area (Å²) in [5.41, 5.74) is 0. The molecule has 1 aliphatic heterocycles. The second-order valence-electron chi connectivity index (χ2n) is 6.01. The molecule has 2 unspecified atom stereocenters. The van der Waals surface area contributed by atoms with Crippen LogP contribution in [0.3, 0.4) is 0 Å². The fourth-order valence-corrected chi connectivity index (χ4v) is 2.75. The number of nitrogens with zero attached hydrogens (tertiary/aromatic N) is 4. The van der Waals surface area contributed by atoms with Crippen molar-refractivity contribution in [3.05, 3.63) is 30.4 Å². The van der Waals surface area contributed by atoms with Gasteiger partial charge in [0.05, 0.1) is 18.7 Å². The minimum atomic E-state index is -0.395. The van der Waals surface area contributed by atoms with Gasteiger partial charge in [0.2, 0.25) is 0 Å². The minimum Gasteiger partial charge on any atom is -0.382 e. The Morgan fingerprint density at radius 2 is 2.28 bits per heavy atom. The van der Waals surface area contributed by atoms with Gasteiger partial charge in [-0.05, 0) is 32.4 Å². The first-order chi connectivity index (χ1) is 12.2. The van der Waals surface area contributed by atoms with Crippen LogP contribution in [0.4, 0.5) is 16.4 Å². The van der Waals surface area contributed by atoms with Crippen molar-refractivity contribution in [2.45, 2.75) is 31.8 Å². The number of nitrogens with one attached hydrogen (secondary N) is 3. The van der Waals surface area contributed by atoms with E-state index in [0.29, 0.717) is 24.1 Å². The third-order valence-electron chi connectivity index (χ3n) is 4.00. The van der Waals surface area contributed by atoms with E-state index in [2.05, 4.69) is 31.0 Å². The number of anilines is 2. The molecule has 0 radical (unpaired) electrons. The number of urea groups is 1. The molecule has 25 heavy (non-hydrogen) atoms. The summed E-state index contributed by atoms with van der Waals surface area (Å²) >= 11 is 0. The Bertz CT molecular complexity index is 712. The first-order valence-corrected chi connectivity index (χ1v) is 8.34. The lowest BCUT2D eigenvalue weighted by Gasteiger charge is -2.11. The van der Waals surface area contributed by atoms with E-state index >= 15 is 0 Å². The largest absolute Gasteiger partial charge is 0.382 e. The number of carbonyl (C=O) groups is 1. The Hall–Kier alpha value is -2.52. The molecule has 9 heteroatoms. The van der Waals surface area contributed by atoms with Crippen LogP contribution in [-0.4, -0.2) is 46.0 Å². The molecule has 2 amide bonds.